The molecule has 1 fully saturated rings. The lowest BCUT2D eigenvalue weighted by Crippen LogP contribution is -2.35. The summed E-state index contributed by atoms with van der Waals surface area (Å²) in [6.45, 7) is 6.61. The minimum absolute atomic E-state index is 0.413. The molecule has 3 rings (SSSR count). The smallest absolute Gasteiger partial charge is 0.134 e. The highest BCUT2D eigenvalue weighted by atomic mass is 32.1. The molecule has 0 amide bonds. The van der Waals surface area contributed by atoms with E-state index in [1.165, 1.54) is 12.8 Å². The van der Waals surface area contributed by atoms with Crippen LogP contribution in [0.2, 0.25) is 0 Å². The van der Waals surface area contributed by atoms with E-state index in [2.05, 4.69) is 27.1 Å². The average Bonchev–Trinajstić information content (AvgIpc) is 3.09. The first-order chi connectivity index (χ1) is 11.0. The van der Waals surface area contributed by atoms with Crippen molar-refractivity contribution in [3.63, 3.8) is 0 Å². The van der Waals surface area contributed by atoms with Gasteiger partial charge in [-0.3, -0.25) is 0 Å². The number of piperidine rings is 1. The number of anilines is 2. The molecule has 23 heavy (non-hydrogen) atoms. The van der Waals surface area contributed by atoms with Crippen molar-refractivity contribution in [2.75, 3.05) is 29.9 Å². The van der Waals surface area contributed by atoms with Gasteiger partial charge in [-0.15, -0.1) is 0 Å². The summed E-state index contributed by atoms with van der Waals surface area (Å²) >= 11 is 1.59. The zero-order chi connectivity index (χ0) is 16.3. The predicted molar refractivity (Wildman–Crippen MR) is 95.0 cm³/mol. The molecule has 0 bridgehead atoms. The first-order valence-corrected chi connectivity index (χ1v) is 9.05. The van der Waals surface area contributed by atoms with Gasteiger partial charge in [-0.1, -0.05) is 6.92 Å². The van der Waals surface area contributed by atoms with Gasteiger partial charge in [0.15, 0.2) is 0 Å². The van der Waals surface area contributed by atoms with E-state index in [4.69, 9.17) is 0 Å². The van der Waals surface area contributed by atoms with Gasteiger partial charge < -0.3 is 15.3 Å². The lowest BCUT2D eigenvalue weighted by atomic mass is 9.99. The molecule has 2 atom stereocenters. The summed E-state index contributed by atoms with van der Waals surface area (Å²) in [4.78, 5) is 11.0. The Labute approximate surface area is 141 Å². The van der Waals surface area contributed by atoms with Crippen LogP contribution >= 0.6 is 11.3 Å². The van der Waals surface area contributed by atoms with Crippen molar-refractivity contribution in [2.45, 2.75) is 32.3 Å². The molecule has 0 aromatic carbocycles. The number of aliphatic hydroxyl groups is 1. The van der Waals surface area contributed by atoms with Crippen molar-refractivity contribution in [3.8, 4) is 0 Å². The van der Waals surface area contributed by atoms with Crippen LogP contribution in [-0.2, 0) is 5.60 Å². The summed E-state index contributed by atoms with van der Waals surface area (Å²) in [6.07, 6.45) is 4.09. The van der Waals surface area contributed by atoms with Crippen LogP contribution in [0.4, 0.5) is 11.6 Å². The minimum atomic E-state index is -0.912. The lowest BCUT2D eigenvalue weighted by molar-refractivity contribution is 0.0719. The number of thiophene rings is 1. The highest BCUT2D eigenvalue weighted by molar-refractivity contribution is 7.08. The first kappa shape index (κ1) is 16.2. The van der Waals surface area contributed by atoms with Gasteiger partial charge >= 0.3 is 0 Å². The van der Waals surface area contributed by atoms with Gasteiger partial charge in [0, 0.05) is 25.7 Å². The summed E-state index contributed by atoms with van der Waals surface area (Å²) in [5.74, 6) is 2.42. The number of hydrogen-bond donors (Lipinski definition) is 2. The molecule has 2 unspecified atom stereocenters. The van der Waals surface area contributed by atoms with Crippen LogP contribution in [0, 0.1) is 5.92 Å². The van der Waals surface area contributed by atoms with E-state index >= 15 is 0 Å². The molecule has 0 spiro atoms. The van der Waals surface area contributed by atoms with E-state index in [1.54, 1.807) is 17.7 Å². The van der Waals surface area contributed by atoms with Gasteiger partial charge in [-0.2, -0.15) is 11.3 Å². The highest BCUT2D eigenvalue weighted by Gasteiger charge is 2.24. The van der Waals surface area contributed by atoms with E-state index in [9.17, 15) is 5.11 Å². The van der Waals surface area contributed by atoms with Crippen LogP contribution in [0.15, 0.2) is 29.2 Å². The minimum Gasteiger partial charge on any atom is -0.384 e. The molecule has 0 saturated carbocycles. The lowest BCUT2D eigenvalue weighted by Gasteiger charge is -2.32. The van der Waals surface area contributed by atoms with Gasteiger partial charge in [0.1, 0.15) is 23.6 Å². The number of aromatic nitrogens is 2. The maximum Gasteiger partial charge on any atom is 0.134 e. The zero-order valence-electron chi connectivity index (χ0n) is 13.7. The Kier molecular flexibility index (Phi) is 4.82. The predicted octanol–water partition coefficient (Wildman–Crippen LogP) is 3.09. The molecule has 5 nitrogen and oxygen atoms in total. The van der Waals surface area contributed by atoms with Crippen LogP contribution in [-0.4, -0.2) is 34.7 Å². The monoisotopic (exact) mass is 332 g/mol. The zero-order valence-corrected chi connectivity index (χ0v) is 14.5. The molecule has 2 aromatic heterocycles. The maximum atomic E-state index is 10.6. The van der Waals surface area contributed by atoms with E-state index in [-0.39, 0.29) is 0 Å². The molecule has 1 aliphatic rings. The number of rotatable bonds is 5. The molecular formula is C17H24N4OS. The van der Waals surface area contributed by atoms with Gasteiger partial charge in [0.05, 0.1) is 0 Å². The Balaban J connectivity index is 1.66. The number of hydrogen-bond acceptors (Lipinski definition) is 6. The molecule has 1 saturated heterocycles. The molecular weight excluding hydrogens is 308 g/mol. The third-order valence-corrected chi connectivity index (χ3v) is 5.07. The molecule has 2 N–H and O–H groups in total. The Hall–Kier alpha value is -1.66. The second kappa shape index (κ2) is 6.84. The summed E-state index contributed by atoms with van der Waals surface area (Å²) < 4.78 is 0. The summed E-state index contributed by atoms with van der Waals surface area (Å²) in [7, 11) is 0. The number of nitrogens with zero attached hydrogens (tertiary/aromatic N) is 3. The summed E-state index contributed by atoms with van der Waals surface area (Å²) in [5, 5.41) is 17.8. The van der Waals surface area contributed by atoms with E-state index in [0.29, 0.717) is 12.5 Å². The Morgan fingerprint density at radius 2 is 2.35 bits per heavy atom. The van der Waals surface area contributed by atoms with Crippen molar-refractivity contribution in [1.82, 2.24) is 9.97 Å². The Bertz CT molecular complexity index is 629. The van der Waals surface area contributed by atoms with Crippen LogP contribution < -0.4 is 10.2 Å². The van der Waals surface area contributed by atoms with Crippen molar-refractivity contribution in [2.24, 2.45) is 5.92 Å². The molecule has 124 valence electrons. The summed E-state index contributed by atoms with van der Waals surface area (Å²) in [6, 6.07) is 3.93. The van der Waals surface area contributed by atoms with Gasteiger partial charge in [-0.25, -0.2) is 9.97 Å². The normalized spacial score (nSPS) is 21.0. The van der Waals surface area contributed by atoms with Crippen molar-refractivity contribution in [1.29, 1.82) is 0 Å². The number of nitrogens with one attached hydrogen (secondary N) is 1. The molecule has 3 heterocycles. The van der Waals surface area contributed by atoms with Crippen LogP contribution in [0.1, 0.15) is 32.3 Å². The summed E-state index contributed by atoms with van der Waals surface area (Å²) in [5.41, 5.74) is 0.0132. The quantitative estimate of drug-likeness (QED) is 0.881. The van der Waals surface area contributed by atoms with Gasteiger partial charge in [-0.05, 0) is 48.1 Å². The van der Waals surface area contributed by atoms with Crippen molar-refractivity contribution < 1.29 is 5.11 Å². The van der Waals surface area contributed by atoms with Crippen LogP contribution in [0.5, 0.6) is 0 Å². The van der Waals surface area contributed by atoms with Crippen molar-refractivity contribution >= 4 is 23.0 Å². The maximum absolute atomic E-state index is 10.6. The third kappa shape index (κ3) is 4.00. The molecule has 0 radical (unpaired) electrons. The largest absolute Gasteiger partial charge is 0.384 e. The molecule has 0 aliphatic carbocycles. The van der Waals surface area contributed by atoms with Crippen molar-refractivity contribution in [3.05, 3.63) is 34.8 Å². The second-order valence-corrected chi connectivity index (χ2v) is 7.37. The van der Waals surface area contributed by atoms with E-state index in [1.807, 2.05) is 29.8 Å². The molecule has 6 heteroatoms. The van der Waals surface area contributed by atoms with Gasteiger partial charge in [0.25, 0.3) is 0 Å². The average molecular weight is 332 g/mol. The molecule has 2 aromatic rings. The Morgan fingerprint density at radius 3 is 3.09 bits per heavy atom. The second-order valence-electron chi connectivity index (χ2n) is 6.59. The fraction of sp³-hybridized carbons (Fsp3) is 0.529. The van der Waals surface area contributed by atoms with Gasteiger partial charge in [0.2, 0.25) is 0 Å². The van der Waals surface area contributed by atoms with E-state index in [0.717, 1.165) is 30.3 Å². The highest BCUT2D eigenvalue weighted by Crippen LogP contribution is 2.25. The third-order valence-electron chi connectivity index (χ3n) is 4.39. The first-order valence-electron chi connectivity index (χ1n) is 8.10. The van der Waals surface area contributed by atoms with E-state index < -0.39 is 5.60 Å². The molecule has 1 aliphatic heterocycles. The fourth-order valence-corrected chi connectivity index (χ4v) is 3.73. The van der Waals surface area contributed by atoms with Crippen LogP contribution in [0.25, 0.3) is 0 Å². The SMILES string of the molecule is CC1CCCN(c2cc(NCC(C)(O)c3ccsc3)ncn2)C1. The topological polar surface area (TPSA) is 61.3 Å². The fourth-order valence-electron chi connectivity index (χ4n) is 2.95. The Morgan fingerprint density at radius 1 is 1.48 bits per heavy atom. The van der Waals surface area contributed by atoms with Crippen LogP contribution in [0.3, 0.4) is 0 Å². The standard InChI is InChI=1S/C17H24N4OS/c1-13-4-3-6-21(9-13)16-8-15(19-12-20-16)18-11-17(2,22)14-5-7-23-10-14/h5,7-8,10,12-13,22H,3-4,6,9,11H2,1-2H3,(H,18,19,20).